The van der Waals surface area contributed by atoms with Gasteiger partial charge in [-0.2, -0.15) is 0 Å². The van der Waals surface area contributed by atoms with Crippen molar-refractivity contribution >= 4 is 23.9 Å². The Kier molecular flexibility index (Phi) is 10.2. The van der Waals surface area contributed by atoms with Gasteiger partial charge in [0.15, 0.2) is 0 Å². The Labute approximate surface area is 169 Å². The summed E-state index contributed by atoms with van der Waals surface area (Å²) in [5, 5.41) is 0. The van der Waals surface area contributed by atoms with Crippen molar-refractivity contribution in [2.45, 2.75) is 6.42 Å². The van der Waals surface area contributed by atoms with Gasteiger partial charge in [0.05, 0.1) is 23.7 Å². The summed E-state index contributed by atoms with van der Waals surface area (Å²) >= 11 is 0. The highest BCUT2D eigenvalue weighted by Gasteiger charge is 2.58. The van der Waals surface area contributed by atoms with Crippen LogP contribution in [-0.2, 0) is 38.1 Å². The van der Waals surface area contributed by atoms with Crippen LogP contribution in [-0.4, -0.2) is 50.3 Å². The Morgan fingerprint density at radius 1 is 0.586 bits per heavy atom. The van der Waals surface area contributed by atoms with Gasteiger partial charge < -0.3 is 18.9 Å². The first-order chi connectivity index (χ1) is 13.9. The van der Waals surface area contributed by atoms with Crippen LogP contribution in [0.4, 0.5) is 0 Å². The van der Waals surface area contributed by atoms with E-state index in [2.05, 4.69) is 26.3 Å². The van der Waals surface area contributed by atoms with Crippen molar-refractivity contribution in [2.75, 3.05) is 26.4 Å². The molecule has 0 aliphatic heterocycles. The van der Waals surface area contributed by atoms with Gasteiger partial charge in [-0.1, -0.05) is 50.6 Å². The Bertz CT molecular complexity index is 610. The van der Waals surface area contributed by atoms with E-state index >= 15 is 0 Å². The van der Waals surface area contributed by atoms with Crippen LogP contribution in [0, 0.1) is 23.7 Å². The first-order valence-electron chi connectivity index (χ1n) is 9.02. The van der Waals surface area contributed by atoms with Crippen LogP contribution in [0.15, 0.2) is 50.6 Å². The zero-order chi connectivity index (χ0) is 21.8. The molecule has 0 heterocycles. The number of hydrogen-bond acceptors (Lipinski definition) is 8. The molecular formula is C21H26O8. The maximum absolute atomic E-state index is 12.7. The lowest BCUT2D eigenvalue weighted by Gasteiger charge is -2.22. The number of rotatable bonds is 12. The van der Waals surface area contributed by atoms with Gasteiger partial charge in [-0.25, -0.2) is 0 Å². The highest BCUT2D eigenvalue weighted by molar-refractivity contribution is 5.93. The summed E-state index contributed by atoms with van der Waals surface area (Å²) in [7, 11) is 0. The van der Waals surface area contributed by atoms with Gasteiger partial charge in [-0.3, -0.25) is 19.2 Å². The van der Waals surface area contributed by atoms with Gasteiger partial charge in [-0.05, 0) is 6.42 Å². The summed E-state index contributed by atoms with van der Waals surface area (Å²) in [4.78, 5) is 50.4. The third-order valence-corrected chi connectivity index (χ3v) is 4.29. The normalized spacial score (nSPS) is 22.6. The molecule has 1 aliphatic carbocycles. The molecule has 4 atom stereocenters. The third kappa shape index (κ3) is 6.44. The molecule has 0 radical (unpaired) electrons. The van der Waals surface area contributed by atoms with E-state index in [9.17, 15) is 19.2 Å². The molecule has 0 aromatic heterocycles. The van der Waals surface area contributed by atoms with Gasteiger partial charge in [0, 0.05) is 0 Å². The van der Waals surface area contributed by atoms with Gasteiger partial charge in [0.2, 0.25) is 0 Å². The van der Waals surface area contributed by atoms with Crippen molar-refractivity contribution in [3.63, 3.8) is 0 Å². The molecule has 158 valence electrons. The van der Waals surface area contributed by atoms with Crippen LogP contribution in [0.5, 0.6) is 0 Å². The summed E-state index contributed by atoms with van der Waals surface area (Å²) in [6.07, 6.45) is 5.29. The number of carbonyl (C=O) groups is 4. The van der Waals surface area contributed by atoms with Crippen LogP contribution in [0.2, 0.25) is 0 Å². The molecule has 0 unspecified atom stereocenters. The van der Waals surface area contributed by atoms with E-state index in [1.165, 1.54) is 24.3 Å². The Balaban J connectivity index is 3.28. The lowest BCUT2D eigenvalue weighted by Crippen LogP contribution is -2.38. The summed E-state index contributed by atoms with van der Waals surface area (Å²) in [6, 6.07) is 0. The molecule has 0 aromatic carbocycles. The number of esters is 4. The highest BCUT2D eigenvalue weighted by atomic mass is 16.6. The largest absolute Gasteiger partial charge is 0.461 e. The van der Waals surface area contributed by atoms with E-state index in [0.717, 1.165) is 0 Å². The Hall–Kier alpha value is -3.16. The van der Waals surface area contributed by atoms with Crippen molar-refractivity contribution < 1.29 is 38.1 Å². The van der Waals surface area contributed by atoms with Gasteiger partial charge >= 0.3 is 23.9 Å². The average molecular weight is 406 g/mol. The number of ether oxygens (including phenoxy) is 4. The van der Waals surface area contributed by atoms with Crippen molar-refractivity contribution in [3.05, 3.63) is 50.6 Å². The molecule has 1 fully saturated rings. The van der Waals surface area contributed by atoms with Crippen LogP contribution >= 0.6 is 0 Å². The number of carbonyl (C=O) groups excluding carboxylic acids is 4. The van der Waals surface area contributed by atoms with Crippen molar-refractivity contribution in [1.29, 1.82) is 0 Å². The molecule has 0 spiro atoms. The van der Waals surface area contributed by atoms with E-state index in [0.29, 0.717) is 0 Å². The fraction of sp³-hybridized carbons (Fsp3) is 0.429. The van der Waals surface area contributed by atoms with Crippen molar-refractivity contribution in [2.24, 2.45) is 23.7 Å². The van der Waals surface area contributed by atoms with Crippen LogP contribution in [0.25, 0.3) is 0 Å². The summed E-state index contributed by atoms with van der Waals surface area (Å²) in [5.74, 6) is -7.87. The van der Waals surface area contributed by atoms with Gasteiger partial charge in [-0.15, -0.1) is 0 Å². The minimum atomic E-state index is -1.27. The topological polar surface area (TPSA) is 105 Å². The van der Waals surface area contributed by atoms with Crippen LogP contribution in [0.3, 0.4) is 0 Å². The molecule has 29 heavy (non-hydrogen) atoms. The fourth-order valence-corrected chi connectivity index (χ4v) is 3.15. The monoisotopic (exact) mass is 406 g/mol. The minimum Gasteiger partial charge on any atom is -0.461 e. The molecule has 0 amide bonds. The van der Waals surface area contributed by atoms with Crippen LogP contribution in [0.1, 0.15) is 6.42 Å². The SMILES string of the molecule is C=CCOC(=O)[C@@H]1[C@H](C(=O)OCC=C)[C@H](C(=O)OCC=C)C[C@@H]1C(=O)OCC=C. The first-order valence-corrected chi connectivity index (χ1v) is 9.02. The molecular weight excluding hydrogens is 380 g/mol. The average Bonchev–Trinajstić information content (AvgIpc) is 3.13. The maximum Gasteiger partial charge on any atom is 0.311 e. The zero-order valence-corrected chi connectivity index (χ0v) is 16.2. The quantitative estimate of drug-likeness (QED) is 0.274. The van der Waals surface area contributed by atoms with E-state index in [1.54, 1.807) is 0 Å². The molecule has 1 aliphatic rings. The van der Waals surface area contributed by atoms with Crippen molar-refractivity contribution in [1.82, 2.24) is 0 Å². The van der Waals surface area contributed by atoms with E-state index < -0.39 is 47.5 Å². The second-order valence-corrected chi connectivity index (χ2v) is 6.18. The summed E-state index contributed by atoms with van der Waals surface area (Å²) < 4.78 is 20.3. The number of hydrogen-bond donors (Lipinski definition) is 0. The highest BCUT2D eigenvalue weighted by Crippen LogP contribution is 2.44. The molecule has 0 N–H and O–H groups in total. The second kappa shape index (κ2) is 12.3. The van der Waals surface area contributed by atoms with Gasteiger partial charge in [0.25, 0.3) is 0 Å². The third-order valence-electron chi connectivity index (χ3n) is 4.29. The van der Waals surface area contributed by atoms with Crippen LogP contribution < -0.4 is 0 Å². The molecule has 0 aromatic rings. The first kappa shape index (κ1) is 23.9. The maximum atomic E-state index is 12.7. The van der Waals surface area contributed by atoms with Gasteiger partial charge in [0.1, 0.15) is 26.4 Å². The summed E-state index contributed by atoms with van der Waals surface area (Å²) in [6.45, 7) is 13.4. The molecule has 1 rings (SSSR count). The lowest BCUT2D eigenvalue weighted by atomic mass is 9.86. The predicted octanol–water partition coefficient (Wildman–Crippen LogP) is 1.77. The predicted molar refractivity (Wildman–Crippen MR) is 103 cm³/mol. The molecule has 1 saturated carbocycles. The minimum absolute atomic E-state index is 0.0824. The second-order valence-electron chi connectivity index (χ2n) is 6.18. The fourth-order valence-electron chi connectivity index (χ4n) is 3.15. The zero-order valence-electron chi connectivity index (χ0n) is 16.2. The van der Waals surface area contributed by atoms with E-state index in [4.69, 9.17) is 18.9 Å². The van der Waals surface area contributed by atoms with E-state index in [1.807, 2.05) is 0 Å². The Morgan fingerprint density at radius 2 is 0.862 bits per heavy atom. The molecule has 0 bridgehead atoms. The van der Waals surface area contributed by atoms with E-state index in [-0.39, 0.29) is 32.8 Å². The summed E-state index contributed by atoms with van der Waals surface area (Å²) in [5.41, 5.74) is 0. The molecule has 8 nitrogen and oxygen atoms in total. The molecule has 8 heteroatoms. The smallest absolute Gasteiger partial charge is 0.311 e. The Morgan fingerprint density at radius 3 is 1.14 bits per heavy atom. The standard InChI is InChI=1S/C21H26O8/c1-5-9-26-18(22)14-13-15(19(23)27-10-6-2)17(21(25)29-12-8-4)16(14)20(24)28-11-7-3/h5-8,14-17H,1-4,9-13H2/t14-,15+,16-,17+. The van der Waals surface area contributed by atoms with Crippen molar-refractivity contribution in [3.8, 4) is 0 Å². The lowest BCUT2D eigenvalue weighted by molar-refractivity contribution is -0.167. The molecule has 0 saturated heterocycles.